The van der Waals surface area contributed by atoms with Crippen LogP contribution in [0.25, 0.3) is 0 Å². The molecule has 0 heterocycles. The highest BCUT2D eigenvalue weighted by Crippen LogP contribution is 2.02. The zero-order chi connectivity index (χ0) is 12.8. The Morgan fingerprint density at radius 3 is 2.35 bits per heavy atom. The minimum Gasteiger partial charge on any atom is -0.478 e. The molecule has 1 aromatic carbocycles. The summed E-state index contributed by atoms with van der Waals surface area (Å²) in [5.74, 6) is -1.26. The third kappa shape index (κ3) is 4.06. The van der Waals surface area contributed by atoms with E-state index in [1.807, 2.05) is 0 Å². The van der Waals surface area contributed by atoms with E-state index in [4.69, 9.17) is 5.11 Å². The van der Waals surface area contributed by atoms with E-state index < -0.39 is 5.97 Å². The molecular formula is C12H14N2O3. The van der Waals surface area contributed by atoms with Gasteiger partial charge in [0.1, 0.15) is 0 Å². The summed E-state index contributed by atoms with van der Waals surface area (Å²) < 4.78 is 0. The molecule has 0 aliphatic carbocycles. The van der Waals surface area contributed by atoms with Crippen molar-refractivity contribution in [1.29, 1.82) is 0 Å². The molecule has 0 saturated heterocycles. The van der Waals surface area contributed by atoms with Gasteiger partial charge in [0.2, 0.25) is 5.91 Å². The lowest BCUT2D eigenvalue weighted by Crippen LogP contribution is -2.22. The second-order valence-corrected chi connectivity index (χ2v) is 3.82. The molecule has 90 valence electrons. The predicted octanol–water partition coefficient (Wildman–Crippen LogP) is 1.49. The molecule has 5 nitrogen and oxygen atoms in total. The highest BCUT2D eigenvalue weighted by Gasteiger charge is 2.04. The van der Waals surface area contributed by atoms with E-state index in [2.05, 4.69) is 10.5 Å². The number of carbonyl (C=O) groups is 2. The van der Waals surface area contributed by atoms with Crippen LogP contribution in [0.15, 0.2) is 29.4 Å². The normalized spacial score (nSPS) is 10.8. The Morgan fingerprint density at radius 2 is 1.88 bits per heavy atom. The van der Waals surface area contributed by atoms with Crippen LogP contribution in [-0.2, 0) is 4.79 Å². The van der Waals surface area contributed by atoms with Crippen molar-refractivity contribution in [2.45, 2.75) is 13.8 Å². The summed E-state index contributed by atoms with van der Waals surface area (Å²) >= 11 is 0. The lowest BCUT2D eigenvalue weighted by Gasteiger charge is -2.01. The van der Waals surface area contributed by atoms with Crippen molar-refractivity contribution in [2.24, 2.45) is 11.0 Å². The van der Waals surface area contributed by atoms with Crippen molar-refractivity contribution in [3.05, 3.63) is 35.4 Å². The number of carboxylic acid groups (broad SMARTS) is 1. The molecule has 0 spiro atoms. The van der Waals surface area contributed by atoms with E-state index >= 15 is 0 Å². The molecule has 0 aliphatic heterocycles. The van der Waals surface area contributed by atoms with Crippen molar-refractivity contribution < 1.29 is 14.7 Å². The number of carbonyl (C=O) groups excluding carboxylic acids is 1. The molecule has 0 bridgehead atoms. The minimum absolute atomic E-state index is 0.124. The molecule has 2 N–H and O–H groups in total. The molecule has 17 heavy (non-hydrogen) atoms. The summed E-state index contributed by atoms with van der Waals surface area (Å²) in [6.45, 7) is 3.54. The number of hydrogen-bond acceptors (Lipinski definition) is 3. The van der Waals surface area contributed by atoms with Gasteiger partial charge < -0.3 is 5.11 Å². The van der Waals surface area contributed by atoms with Gasteiger partial charge in [-0.15, -0.1) is 0 Å². The number of rotatable bonds is 4. The standard InChI is InChI=1S/C12H14N2O3/c1-8(2)11(15)14-13-7-9-3-5-10(6-4-9)12(16)17/h3-8H,1-2H3,(H,14,15)(H,16,17). The van der Waals surface area contributed by atoms with E-state index in [1.54, 1.807) is 26.0 Å². The van der Waals surface area contributed by atoms with Crippen LogP contribution in [0.2, 0.25) is 0 Å². The minimum atomic E-state index is -0.971. The maximum absolute atomic E-state index is 11.2. The fourth-order valence-electron chi connectivity index (χ4n) is 1.01. The number of hydrazone groups is 1. The number of amides is 1. The molecule has 0 fully saturated rings. The molecule has 0 radical (unpaired) electrons. The van der Waals surface area contributed by atoms with Crippen LogP contribution < -0.4 is 5.43 Å². The fourth-order valence-corrected chi connectivity index (χ4v) is 1.01. The molecule has 0 aromatic heterocycles. The van der Waals surface area contributed by atoms with Gasteiger partial charge in [0.25, 0.3) is 0 Å². The van der Waals surface area contributed by atoms with Crippen LogP contribution in [0.1, 0.15) is 29.8 Å². The van der Waals surface area contributed by atoms with E-state index in [0.717, 1.165) is 5.56 Å². The maximum atomic E-state index is 11.2. The summed E-state index contributed by atoms with van der Waals surface area (Å²) in [6.07, 6.45) is 1.46. The van der Waals surface area contributed by atoms with E-state index in [-0.39, 0.29) is 17.4 Å². The zero-order valence-corrected chi connectivity index (χ0v) is 9.68. The first kappa shape index (κ1) is 12.9. The van der Waals surface area contributed by atoms with Crippen LogP contribution in [0.4, 0.5) is 0 Å². The smallest absolute Gasteiger partial charge is 0.335 e. The first-order chi connectivity index (χ1) is 8.00. The first-order valence-electron chi connectivity index (χ1n) is 5.17. The lowest BCUT2D eigenvalue weighted by atomic mass is 10.1. The molecule has 1 rings (SSSR count). The number of carboxylic acids is 1. The van der Waals surface area contributed by atoms with Gasteiger partial charge in [-0.1, -0.05) is 26.0 Å². The molecule has 1 amide bonds. The average Bonchev–Trinajstić information content (AvgIpc) is 2.29. The zero-order valence-electron chi connectivity index (χ0n) is 9.68. The van der Waals surface area contributed by atoms with Gasteiger partial charge in [-0.2, -0.15) is 5.10 Å². The number of nitrogens with zero attached hydrogens (tertiary/aromatic N) is 1. The van der Waals surface area contributed by atoms with Gasteiger partial charge in [0.15, 0.2) is 0 Å². The summed E-state index contributed by atoms with van der Waals surface area (Å²) in [5, 5.41) is 12.5. The van der Waals surface area contributed by atoms with Crippen LogP contribution >= 0.6 is 0 Å². The Kier molecular flexibility index (Phi) is 4.39. The quantitative estimate of drug-likeness (QED) is 0.612. The number of hydrogen-bond donors (Lipinski definition) is 2. The molecule has 1 aromatic rings. The van der Waals surface area contributed by atoms with Crippen LogP contribution in [0.3, 0.4) is 0 Å². The Labute approximate surface area is 99.2 Å². The number of benzene rings is 1. The summed E-state index contributed by atoms with van der Waals surface area (Å²) in [7, 11) is 0. The fraction of sp³-hybridized carbons (Fsp3) is 0.250. The summed E-state index contributed by atoms with van der Waals surface area (Å²) in [6, 6.07) is 6.20. The van der Waals surface area contributed by atoms with Crippen molar-refractivity contribution in [1.82, 2.24) is 5.43 Å². The van der Waals surface area contributed by atoms with E-state index in [9.17, 15) is 9.59 Å². The topological polar surface area (TPSA) is 78.8 Å². The van der Waals surface area contributed by atoms with Crippen LogP contribution in [0, 0.1) is 5.92 Å². The molecular weight excluding hydrogens is 220 g/mol. The van der Waals surface area contributed by atoms with Gasteiger partial charge in [0, 0.05) is 5.92 Å². The van der Waals surface area contributed by atoms with Gasteiger partial charge in [0.05, 0.1) is 11.8 Å². The number of aromatic carboxylic acids is 1. The predicted molar refractivity (Wildman–Crippen MR) is 64.0 cm³/mol. The second kappa shape index (κ2) is 5.79. The van der Waals surface area contributed by atoms with Gasteiger partial charge in [-0.3, -0.25) is 4.79 Å². The largest absolute Gasteiger partial charge is 0.478 e. The Hall–Kier alpha value is -2.17. The average molecular weight is 234 g/mol. The van der Waals surface area contributed by atoms with Crippen molar-refractivity contribution >= 4 is 18.1 Å². The SMILES string of the molecule is CC(C)C(=O)NN=Cc1ccc(C(=O)O)cc1. The Bertz CT molecular complexity index is 436. The highest BCUT2D eigenvalue weighted by atomic mass is 16.4. The third-order valence-corrected chi connectivity index (χ3v) is 2.07. The monoisotopic (exact) mass is 234 g/mol. The lowest BCUT2D eigenvalue weighted by molar-refractivity contribution is -0.123. The summed E-state index contributed by atoms with van der Waals surface area (Å²) in [5.41, 5.74) is 3.32. The molecule has 0 unspecified atom stereocenters. The molecule has 5 heteroatoms. The second-order valence-electron chi connectivity index (χ2n) is 3.82. The maximum Gasteiger partial charge on any atom is 0.335 e. The van der Waals surface area contributed by atoms with Crippen LogP contribution in [-0.4, -0.2) is 23.2 Å². The van der Waals surface area contributed by atoms with E-state index in [1.165, 1.54) is 18.3 Å². The van der Waals surface area contributed by atoms with Crippen LogP contribution in [0.5, 0.6) is 0 Å². The summed E-state index contributed by atoms with van der Waals surface area (Å²) in [4.78, 5) is 21.8. The van der Waals surface area contributed by atoms with Crippen molar-refractivity contribution in [3.63, 3.8) is 0 Å². The Morgan fingerprint density at radius 1 is 1.29 bits per heavy atom. The first-order valence-corrected chi connectivity index (χ1v) is 5.17. The number of nitrogens with one attached hydrogen (secondary N) is 1. The molecule has 0 aliphatic rings. The third-order valence-electron chi connectivity index (χ3n) is 2.07. The molecule has 0 atom stereocenters. The van der Waals surface area contributed by atoms with Crippen molar-refractivity contribution in [3.8, 4) is 0 Å². The highest BCUT2D eigenvalue weighted by molar-refractivity contribution is 5.89. The van der Waals surface area contributed by atoms with Gasteiger partial charge >= 0.3 is 5.97 Å². The van der Waals surface area contributed by atoms with Gasteiger partial charge in [-0.05, 0) is 17.7 Å². The van der Waals surface area contributed by atoms with Crippen molar-refractivity contribution in [2.75, 3.05) is 0 Å². The van der Waals surface area contributed by atoms with E-state index in [0.29, 0.717) is 0 Å². The Balaban J connectivity index is 2.60. The molecule has 0 saturated carbocycles. The van der Waals surface area contributed by atoms with Gasteiger partial charge in [-0.25, -0.2) is 10.2 Å².